The van der Waals surface area contributed by atoms with Crippen LogP contribution in [0.5, 0.6) is 0 Å². The van der Waals surface area contributed by atoms with Crippen LogP contribution in [0.25, 0.3) is 0 Å². The first-order chi connectivity index (χ1) is 13.6. The van der Waals surface area contributed by atoms with Gasteiger partial charge in [0.05, 0.1) is 23.8 Å². The lowest BCUT2D eigenvalue weighted by Gasteiger charge is -2.05. The molecule has 7 nitrogen and oxygen atoms in total. The average molecular weight is 431 g/mol. The summed E-state index contributed by atoms with van der Waals surface area (Å²) in [5, 5.41) is 9.39. The van der Waals surface area contributed by atoms with Crippen LogP contribution in [0.1, 0.15) is 23.4 Å². The molecule has 1 N–H and O–H groups in total. The number of nitrogens with one attached hydrogen (secondary N) is 1. The summed E-state index contributed by atoms with van der Waals surface area (Å²) < 4.78 is 54.5. The fraction of sp³-hybridized carbons (Fsp3) is 0.294. The van der Waals surface area contributed by atoms with E-state index < -0.39 is 22.8 Å². The maximum atomic E-state index is 13.7. The predicted molar refractivity (Wildman–Crippen MR) is 95.7 cm³/mol. The Kier molecular flexibility index (Phi) is 5.87. The number of anilines is 1. The number of amides is 1. The lowest BCUT2D eigenvalue weighted by Crippen LogP contribution is -2.17. The number of benzene rings is 1. The third-order valence-corrected chi connectivity index (χ3v) is 4.48. The van der Waals surface area contributed by atoms with Crippen molar-refractivity contribution in [3.63, 3.8) is 0 Å². The van der Waals surface area contributed by atoms with Gasteiger partial charge >= 0.3 is 6.18 Å². The van der Waals surface area contributed by atoms with Gasteiger partial charge in [0, 0.05) is 12.0 Å². The summed E-state index contributed by atoms with van der Waals surface area (Å²) in [6.07, 6.45) is -3.52. The highest BCUT2D eigenvalue weighted by atomic mass is 35.5. The number of carbonyl (C=O) groups excluding carboxylic acids is 1. The molecule has 0 aliphatic rings. The van der Waals surface area contributed by atoms with Gasteiger partial charge in [0.1, 0.15) is 12.1 Å². The van der Waals surface area contributed by atoms with Gasteiger partial charge in [-0.2, -0.15) is 18.3 Å². The number of aromatic nitrogens is 5. The third-order valence-electron chi connectivity index (χ3n) is 4.03. The molecule has 1 aromatic carbocycles. The molecule has 12 heteroatoms. The normalized spacial score (nSPS) is 11.7. The first kappa shape index (κ1) is 20.8. The molecule has 0 radical (unpaired) electrons. The summed E-state index contributed by atoms with van der Waals surface area (Å²) in [5.41, 5.74) is -0.675. The topological polar surface area (TPSA) is 77.6 Å². The molecule has 0 atom stereocenters. The molecule has 3 aromatic rings. The SMILES string of the molecule is Cc1c(Cl)c(C(F)(F)F)nn1CCC(=O)Nc1ncn(Cc2ccccc2F)n1. The second-order valence-corrected chi connectivity index (χ2v) is 6.50. The second-order valence-electron chi connectivity index (χ2n) is 6.12. The van der Waals surface area contributed by atoms with E-state index in [1.54, 1.807) is 18.2 Å². The summed E-state index contributed by atoms with van der Waals surface area (Å²) in [6, 6.07) is 6.18. The first-order valence-corrected chi connectivity index (χ1v) is 8.75. The number of alkyl halides is 3. The molecule has 0 fully saturated rings. The smallest absolute Gasteiger partial charge is 0.293 e. The van der Waals surface area contributed by atoms with Gasteiger partial charge in [-0.3, -0.25) is 14.8 Å². The van der Waals surface area contributed by atoms with Crippen molar-refractivity contribution in [2.75, 3.05) is 5.32 Å². The molecule has 0 saturated heterocycles. The second kappa shape index (κ2) is 8.19. The van der Waals surface area contributed by atoms with Crippen LogP contribution in [0.2, 0.25) is 5.02 Å². The van der Waals surface area contributed by atoms with Crippen LogP contribution in [0.4, 0.5) is 23.5 Å². The molecule has 2 heterocycles. The van der Waals surface area contributed by atoms with Crippen LogP contribution in [0.15, 0.2) is 30.6 Å². The monoisotopic (exact) mass is 430 g/mol. The largest absolute Gasteiger partial charge is 0.436 e. The number of hydrogen-bond donors (Lipinski definition) is 1. The number of carbonyl (C=O) groups is 1. The number of hydrogen-bond acceptors (Lipinski definition) is 4. The molecule has 0 aliphatic heterocycles. The van der Waals surface area contributed by atoms with Crippen molar-refractivity contribution in [2.24, 2.45) is 0 Å². The van der Waals surface area contributed by atoms with E-state index in [4.69, 9.17) is 11.6 Å². The van der Waals surface area contributed by atoms with E-state index in [1.165, 1.54) is 24.0 Å². The molecule has 2 aromatic heterocycles. The van der Waals surface area contributed by atoms with Crippen LogP contribution < -0.4 is 5.32 Å². The Morgan fingerprint density at radius 1 is 1.24 bits per heavy atom. The Morgan fingerprint density at radius 3 is 2.62 bits per heavy atom. The molecular formula is C17H15ClF4N6O. The Labute approximate surface area is 167 Å². The molecule has 29 heavy (non-hydrogen) atoms. The van der Waals surface area contributed by atoms with E-state index in [-0.39, 0.29) is 37.0 Å². The summed E-state index contributed by atoms with van der Waals surface area (Å²) in [6.45, 7) is 1.40. The van der Waals surface area contributed by atoms with Gasteiger partial charge in [-0.05, 0) is 13.0 Å². The van der Waals surface area contributed by atoms with Crippen molar-refractivity contribution in [1.82, 2.24) is 24.5 Å². The summed E-state index contributed by atoms with van der Waals surface area (Å²) >= 11 is 5.67. The van der Waals surface area contributed by atoms with Gasteiger partial charge in [-0.1, -0.05) is 29.8 Å². The minimum Gasteiger partial charge on any atom is -0.293 e. The first-order valence-electron chi connectivity index (χ1n) is 8.38. The third kappa shape index (κ3) is 4.91. The predicted octanol–water partition coefficient (Wildman–Crippen LogP) is 3.67. The van der Waals surface area contributed by atoms with Crippen LogP contribution in [-0.4, -0.2) is 30.5 Å². The van der Waals surface area contributed by atoms with Crippen LogP contribution in [-0.2, 0) is 24.1 Å². The van der Waals surface area contributed by atoms with E-state index in [9.17, 15) is 22.4 Å². The maximum Gasteiger partial charge on any atom is 0.436 e. The Morgan fingerprint density at radius 2 is 1.97 bits per heavy atom. The lowest BCUT2D eigenvalue weighted by molar-refractivity contribution is -0.141. The number of nitrogens with zero attached hydrogens (tertiary/aromatic N) is 5. The lowest BCUT2D eigenvalue weighted by atomic mass is 10.2. The zero-order valence-corrected chi connectivity index (χ0v) is 15.8. The Balaban J connectivity index is 1.58. The van der Waals surface area contributed by atoms with Crippen molar-refractivity contribution in [3.8, 4) is 0 Å². The Bertz CT molecular complexity index is 1030. The summed E-state index contributed by atoms with van der Waals surface area (Å²) in [4.78, 5) is 16.0. The van der Waals surface area contributed by atoms with Gasteiger partial charge in [0.2, 0.25) is 11.9 Å². The molecule has 154 valence electrons. The van der Waals surface area contributed by atoms with Crippen LogP contribution in [0.3, 0.4) is 0 Å². The molecule has 0 bridgehead atoms. The van der Waals surface area contributed by atoms with E-state index >= 15 is 0 Å². The highest BCUT2D eigenvalue weighted by molar-refractivity contribution is 6.31. The van der Waals surface area contributed by atoms with Gasteiger partial charge in [-0.25, -0.2) is 14.1 Å². The van der Waals surface area contributed by atoms with Gasteiger partial charge in [-0.15, -0.1) is 5.10 Å². The molecule has 0 unspecified atom stereocenters. The Hall–Kier alpha value is -2.95. The zero-order valence-electron chi connectivity index (χ0n) is 15.0. The van der Waals surface area contributed by atoms with Crippen LogP contribution >= 0.6 is 11.6 Å². The van der Waals surface area contributed by atoms with E-state index in [1.807, 2.05) is 0 Å². The standard InChI is InChI=1S/C17H15ClF4N6O/c1-10-14(18)15(17(20,21)22)25-28(10)7-6-13(29)24-16-23-9-27(26-16)8-11-4-2-3-5-12(11)19/h2-5,9H,6-8H2,1H3,(H,24,26,29). The molecule has 1 amide bonds. The van der Waals surface area contributed by atoms with Gasteiger partial charge in [0.15, 0.2) is 5.69 Å². The fourth-order valence-corrected chi connectivity index (χ4v) is 2.79. The van der Waals surface area contributed by atoms with Crippen molar-refractivity contribution in [1.29, 1.82) is 0 Å². The highest BCUT2D eigenvalue weighted by Gasteiger charge is 2.38. The molecular weight excluding hydrogens is 416 g/mol. The van der Waals surface area contributed by atoms with E-state index in [2.05, 4.69) is 20.5 Å². The van der Waals surface area contributed by atoms with Crippen LogP contribution in [0, 0.1) is 12.7 Å². The molecule has 0 saturated carbocycles. The van der Waals surface area contributed by atoms with Crippen molar-refractivity contribution in [3.05, 3.63) is 58.4 Å². The number of halogens is 5. The number of aryl methyl sites for hydroxylation is 1. The van der Waals surface area contributed by atoms with Crippen molar-refractivity contribution < 1.29 is 22.4 Å². The molecule has 0 spiro atoms. The van der Waals surface area contributed by atoms with E-state index in [0.717, 1.165) is 4.68 Å². The molecule has 3 rings (SSSR count). The van der Waals surface area contributed by atoms with Gasteiger partial charge in [0.25, 0.3) is 0 Å². The van der Waals surface area contributed by atoms with E-state index in [0.29, 0.717) is 5.56 Å². The highest BCUT2D eigenvalue weighted by Crippen LogP contribution is 2.35. The average Bonchev–Trinajstić information content (AvgIpc) is 3.20. The quantitative estimate of drug-likeness (QED) is 0.605. The van der Waals surface area contributed by atoms with Crippen molar-refractivity contribution in [2.45, 2.75) is 32.6 Å². The maximum absolute atomic E-state index is 13.7. The summed E-state index contributed by atoms with van der Waals surface area (Å²) in [7, 11) is 0. The number of rotatable bonds is 6. The van der Waals surface area contributed by atoms with Crippen molar-refractivity contribution >= 4 is 23.5 Å². The van der Waals surface area contributed by atoms with Gasteiger partial charge < -0.3 is 0 Å². The minimum absolute atomic E-state index is 0.00228. The summed E-state index contributed by atoms with van der Waals surface area (Å²) in [5.74, 6) is -0.911. The fourth-order valence-electron chi connectivity index (χ4n) is 2.55. The zero-order chi connectivity index (χ0) is 21.2. The minimum atomic E-state index is -4.68. The molecule has 0 aliphatic carbocycles.